The summed E-state index contributed by atoms with van der Waals surface area (Å²) in [6.45, 7) is 2.23. The lowest BCUT2D eigenvalue weighted by molar-refractivity contribution is -0.0510. The Morgan fingerprint density at radius 2 is 1.89 bits per heavy atom. The van der Waals surface area contributed by atoms with Gasteiger partial charge in [0.25, 0.3) is 0 Å². The van der Waals surface area contributed by atoms with Gasteiger partial charge in [-0.2, -0.15) is 21.6 Å². The van der Waals surface area contributed by atoms with Gasteiger partial charge in [-0.1, -0.05) is 13.3 Å². The number of rotatable bonds is 3. The molecule has 106 valence electrons. The lowest BCUT2D eigenvalue weighted by Gasteiger charge is -1.97. The summed E-state index contributed by atoms with van der Waals surface area (Å²) in [4.78, 5) is 0. The first-order chi connectivity index (χ1) is 8.08. The molecule has 0 saturated carbocycles. The van der Waals surface area contributed by atoms with E-state index >= 15 is 0 Å². The van der Waals surface area contributed by atoms with Gasteiger partial charge in [0.15, 0.2) is 0 Å². The first kappa shape index (κ1) is 17.0. The van der Waals surface area contributed by atoms with Crippen molar-refractivity contribution in [1.82, 2.24) is 4.57 Å². The first-order valence-electron chi connectivity index (χ1n) is 5.22. The lowest BCUT2D eigenvalue weighted by atomic mass is 10.2. The van der Waals surface area contributed by atoms with Gasteiger partial charge in [-0.25, -0.2) is 0 Å². The van der Waals surface area contributed by atoms with E-state index in [2.05, 4.69) is 37.0 Å². The SMILES string of the molecule is CCCCc1ccn(C)c1.O=S(=O)(O)C(F)(F)F. The molecule has 0 spiro atoms. The molecule has 18 heavy (non-hydrogen) atoms. The third-order valence-electron chi connectivity index (χ3n) is 2.00. The summed E-state index contributed by atoms with van der Waals surface area (Å²) >= 11 is 0. The maximum atomic E-state index is 10.7. The van der Waals surface area contributed by atoms with Gasteiger partial charge >= 0.3 is 15.6 Å². The minimum Gasteiger partial charge on any atom is -0.357 e. The fourth-order valence-corrected chi connectivity index (χ4v) is 1.09. The fraction of sp³-hybridized carbons (Fsp3) is 0.600. The topological polar surface area (TPSA) is 59.3 Å². The molecule has 0 aliphatic heterocycles. The van der Waals surface area contributed by atoms with E-state index in [4.69, 9.17) is 13.0 Å². The summed E-state index contributed by atoms with van der Waals surface area (Å²) in [5, 5.41) is 0. The van der Waals surface area contributed by atoms with Gasteiger partial charge in [0.05, 0.1) is 0 Å². The van der Waals surface area contributed by atoms with Crippen molar-refractivity contribution in [1.29, 1.82) is 0 Å². The Morgan fingerprint density at radius 1 is 1.39 bits per heavy atom. The summed E-state index contributed by atoms with van der Waals surface area (Å²) in [6, 6.07) is 2.19. The van der Waals surface area contributed by atoms with E-state index in [9.17, 15) is 13.2 Å². The van der Waals surface area contributed by atoms with Crippen molar-refractivity contribution in [2.24, 2.45) is 7.05 Å². The van der Waals surface area contributed by atoms with Crippen LogP contribution in [0.5, 0.6) is 0 Å². The molecule has 0 bridgehead atoms. The van der Waals surface area contributed by atoms with Crippen LogP contribution in [0.1, 0.15) is 25.3 Å². The van der Waals surface area contributed by atoms with Crippen molar-refractivity contribution in [2.75, 3.05) is 0 Å². The van der Waals surface area contributed by atoms with Crippen LogP contribution in [0.25, 0.3) is 0 Å². The molecule has 1 aromatic rings. The van der Waals surface area contributed by atoms with Gasteiger partial charge < -0.3 is 4.57 Å². The van der Waals surface area contributed by atoms with Crippen molar-refractivity contribution in [3.63, 3.8) is 0 Å². The van der Waals surface area contributed by atoms with Crippen LogP contribution in [0.2, 0.25) is 0 Å². The van der Waals surface area contributed by atoms with E-state index in [-0.39, 0.29) is 0 Å². The maximum Gasteiger partial charge on any atom is 0.522 e. The molecule has 0 aliphatic rings. The van der Waals surface area contributed by atoms with Crippen LogP contribution in [-0.2, 0) is 23.6 Å². The third-order valence-corrected chi connectivity index (χ3v) is 2.59. The molecule has 0 fully saturated rings. The van der Waals surface area contributed by atoms with Gasteiger partial charge in [-0.15, -0.1) is 0 Å². The quantitative estimate of drug-likeness (QED) is 0.687. The van der Waals surface area contributed by atoms with Crippen LogP contribution < -0.4 is 0 Å². The molecule has 0 saturated heterocycles. The fourth-order valence-electron chi connectivity index (χ4n) is 1.09. The molecule has 0 amide bonds. The molecule has 1 heterocycles. The van der Waals surface area contributed by atoms with Crippen molar-refractivity contribution < 1.29 is 26.1 Å². The highest BCUT2D eigenvalue weighted by atomic mass is 32.2. The number of nitrogens with zero attached hydrogens (tertiary/aromatic N) is 1. The summed E-state index contributed by atoms with van der Waals surface area (Å²) < 4.78 is 59.6. The molecule has 0 atom stereocenters. The number of hydrogen-bond acceptors (Lipinski definition) is 2. The van der Waals surface area contributed by atoms with Crippen molar-refractivity contribution in [3.8, 4) is 0 Å². The van der Waals surface area contributed by atoms with Gasteiger partial charge in [0.1, 0.15) is 0 Å². The lowest BCUT2D eigenvalue weighted by Crippen LogP contribution is -2.21. The Labute approximate surface area is 104 Å². The first-order valence-corrected chi connectivity index (χ1v) is 6.66. The van der Waals surface area contributed by atoms with Crippen molar-refractivity contribution in [3.05, 3.63) is 24.0 Å². The maximum absolute atomic E-state index is 10.7. The van der Waals surface area contributed by atoms with E-state index in [1.54, 1.807) is 0 Å². The van der Waals surface area contributed by atoms with Crippen LogP contribution >= 0.6 is 0 Å². The largest absolute Gasteiger partial charge is 0.522 e. The van der Waals surface area contributed by atoms with Crippen molar-refractivity contribution in [2.45, 2.75) is 31.7 Å². The predicted octanol–water partition coefficient (Wildman–Crippen LogP) is 2.76. The highest BCUT2D eigenvalue weighted by Gasteiger charge is 2.44. The molecule has 0 unspecified atom stereocenters. The van der Waals surface area contributed by atoms with Gasteiger partial charge in [0, 0.05) is 19.4 Å². The average Bonchev–Trinajstić information content (AvgIpc) is 2.59. The molecule has 0 aromatic carbocycles. The zero-order valence-electron chi connectivity index (χ0n) is 10.1. The van der Waals surface area contributed by atoms with Crippen molar-refractivity contribution >= 4 is 10.1 Å². The zero-order valence-corrected chi connectivity index (χ0v) is 10.9. The minimum absolute atomic E-state index is 1.23. The molecular formula is C10H16F3NO3S. The average molecular weight is 287 g/mol. The van der Waals surface area contributed by atoms with E-state index in [1.807, 2.05) is 0 Å². The molecule has 1 N–H and O–H groups in total. The molecule has 8 heteroatoms. The second-order valence-corrected chi connectivity index (χ2v) is 5.12. The third kappa shape index (κ3) is 6.65. The molecule has 4 nitrogen and oxygen atoms in total. The summed E-state index contributed by atoms with van der Waals surface area (Å²) in [6.07, 6.45) is 8.12. The van der Waals surface area contributed by atoms with Crippen LogP contribution in [0.4, 0.5) is 13.2 Å². The highest BCUT2D eigenvalue weighted by Crippen LogP contribution is 2.20. The molecule has 0 aliphatic carbocycles. The molecule has 1 aromatic heterocycles. The summed E-state index contributed by atoms with van der Waals surface area (Å²) in [5.41, 5.74) is -4.07. The Bertz CT molecular complexity index is 451. The second-order valence-electron chi connectivity index (χ2n) is 3.71. The Balaban J connectivity index is 0.000000331. The van der Waals surface area contributed by atoms with Crippen LogP contribution in [-0.4, -0.2) is 23.0 Å². The van der Waals surface area contributed by atoms with Crippen LogP contribution in [0.15, 0.2) is 18.5 Å². The zero-order chi connectivity index (χ0) is 14.4. The highest BCUT2D eigenvalue weighted by molar-refractivity contribution is 7.86. The monoisotopic (exact) mass is 287 g/mol. The van der Waals surface area contributed by atoms with Gasteiger partial charge in [-0.05, 0) is 24.5 Å². The summed E-state index contributed by atoms with van der Waals surface area (Å²) in [7, 11) is -3.78. The Hall–Kier alpha value is -1.02. The minimum atomic E-state index is -5.84. The van der Waals surface area contributed by atoms with E-state index in [0.29, 0.717) is 0 Å². The molecular weight excluding hydrogens is 271 g/mol. The number of halogens is 3. The predicted molar refractivity (Wildman–Crippen MR) is 61.6 cm³/mol. The number of alkyl halides is 3. The standard InChI is InChI=1S/C9H15N.CHF3O3S/c1-3-4-5-9-6-7-10(2)8-9;2-1(3,4)8(5,6)7/h6-8H,3-5H2,1-2H3;(H,5,6,7). The van der Waals surface area contributed by atoms with E-state index in [0.717, 1.165) is 0 Å². The van der Waals surface area contributed by atoms with Crippen LogP contribution in [0.3, 0.4) is 0 Å². The number of aromatic nitrogens is 1. The number of hydrogen-bond donors (Lipinski definition) is 1. The van der Waals surface area contributed by atoms with Crippen LogP contribution in [0, 0.1) is 0 Å². The second kappa shape index (κ2) is 6.79. The Morgan fingerprint density at radius 3 is 2.17 bits per heavy atom. The molecule has 1 rings (SSSR count). The molecule has 0 radical (unpaired) electrons. The normalized spacial score (nSPS) is 11.9. The smallest absolute Gasteiger partial charge is 0.357 e. The summed E-state index contributed by atoms with van der Waals surface area (Å²) in [5.74, 6) is 0. The number of unbranched alkanes of at least 4 members (excludes halogenated alkanes) is 1. The number of aryl methyl sites for hydroxylation is 2. The van der Waals surface area contributed by atoms with E-state index < -0.39 is 15.6 Å². The van der Waals surface area contributed by atoms with Gasteiger partial charge in [-0.3, -0.25) is 4.55 Å². The van der Waals surface area contributed by atoms with Gasteiger partial charge in [0.2, 0.25) is 0 Å². The Kier molecular flexibility index (Phi) is 6.41. The van der Waals surface area contributed by atoms with E-state index in [1.165, 1.54) is 24.8 Å².